The largest absolute Gasteiger partial charge is 0.474 e. The number of nitrogens with zero attached hydrogens (tertiary/aromatic N) is 3. The summed E-state index contributed by atoms with van der Waals surface area (Å²) in [5.41, 5.74) is 1.29. The van der Waals surface area contributed by atoms with Crippen molar-refractivity contribution in [2.24, 2.45) is 15.9 Å². The molecule has 39 heavy (non-hydrogen) atoms. The first kappa shape index (κ1) is 27.3. The van der Waals surface area contributed by atoms with Crippen LogP contribution in [0.4, 0.5) is 0 Å². The molecule has 10 nitrogen and oxygen atoms in total. The first-order chi connectivity index (χ1) is 18.7. The number of amides is 3. The number of nitrogens with one attached hydrogen (secondary N) is 3. The molecule has 1 aromatic carbocycles. The van der Waals surface area contributed by atoms with E-state index in [-0.39, 0.29) is 35.4 Å². The lowest BCUT2D eigenvalue weighted by Gasteiger charge is -2.22. The molecule has 0 spiro atoms. The summed E-state index contributed by atoms with van der Waals surface area (Å²) in [6.07, 6.45) is 0.0246. The van der Waals surface area contributed by atoms with Crippen molar-refractivity contribution in [3.63, 3.8) is 0 Å². The van der Waals surface area contributed by atoms with Gasteiger partial charge >= 0.3 is 0 Å². The number of rotatable bonds is 3. The summed E-state index contributed by atoms with van der Waals surface area (Å²) >= 11 is 2.79. The summed E-state index contributed by atoms with van der Waals surface area (Å²) in [5.74, 6) is -0.113. The Kier molecular flexibility index (Phi) is 8.03. The van der Waals surface area contributed by atoms with Gasteiger partial charge in [0.2, 0.25) is 17.7 Å². The number of hydrogen-bond acceptors (Lipinski definition) is 9. The maximum atomic E-state index is 13.3. The second-order valence-corrected chi connectivity index (χ2v) is 12.2. The summed E-state index contributed by atoms with van der Waals surface area (Å²) in [4.78, 5) is 53.6. The Bertz CT molecular complexity index is 1310. The molecule has 0 radical (unpaired) electrons. The quantitative estimate of drug-likeness (QED) is 0.521. The minimum Gasteiger partial charge on any atom is -0.474 e. The van der Waals surface area contributed by atoms with Crippen molar-refractivity contribution in [3.8, 4) is 0 Å². The van der Waals surface area contributed by atoms with E-state index in [0.717, 1.165) is 5.56 Å². The Hall–Kier alpha value is -3.25. The molecule has 3 aliphatic heterocycles. The van der Waals surface area contributed by atoms with Crippen LogP contribution in [0.3, 0.4) is 0 Å². The van der Waals surface area contributed by atoms with Gasteiger partial charge in [0.15, 0.2) is 6.04 Å². The van der Waals surface area contributed by atoms with Gasteiger partial charge in [-0.15, -0.1) is 23.1 Å². The van der Waals surface area contributed by atoms with Crippen molar-refractivity contribution in [1.29, 1.82) is 0 Å². The standard InChI is InChI=1S/C27H32N6O4S2/c1-13(2)20-25-33-21(15(4)37-25)24(36)28-14(3)26-30-18(11-38-26)22(34)29-17(10-16-8-6-5-7-9-16)27-31-19(12-39-27)23(35)32-20/h5-9,12-15,17-18,20-21H,10-11H2,1-4H3,(H,28,36)(H,29,34)(H,32,35)/t14-,15+,17-,18?,20-,21-/m0/s1. The number of carbonyl (C=O) groups excluding carboxylic acids is 3. The molecule has 1 aromatic heterocycles. The average Bonchev–Trinajstić information content (AvgIpc) is 3.66. The molecule has 3 aliphatic rings. The number of thiazole rings is 1. The van der Waals surface area contributed by atoms with E-state index in [2.05, 4.69) is 30.9 Å². The van der Waals surface area contributed by atoms with Crippen LogP contribution < -0.4 is 16.0 Å². The first-order valence-electron chi connectivity index (χ1n) is 13.1. The second-order valence-electron chi connectivity index (χ2n) is 10.3. The van der Waals surface area contributed by atoms with E-state index in [9.17, 15) is 14.4 Å². The van der Waals surface area contributed by atoms with Crippen LogP contribution in [0.1, 0.15) is 54.8 Å². The highest BCUT2D eigenvalue weighted by Crippen LogP contribution is 2.26. The van der Waals surface area contributed by atoms with E-state index >= 15 is 0 Å². The second kappa shape index (κ2) is 11.5. The fourth-order valence-corrected chi connectivity index (χ4v) is 6.59. The van der Waals surface area contributed by atoms with E-state index in [0.29, 0.717) is 28.1 Å². The molecule has 12 heteroatoms. The number of carbonyl (C=O) groups is 3. The van der Waals surface area contributed by atoms with Gasteiger partial charge in [-0.2, -0.15) is 0 Å². The molecule has 206 valence electrons. The van der Waals surface area contributed by atoms with Crippen LogP contribution >= 0.6 is 23.1 Å². The molecule has 3 amide bonds. The summed E-state index contributed by atoms with van der Waals surface area (Å²) in [5, 5.41) is 12.1. The Balaban J connectivity index is 1.50. The van der Waals surface area contributed by atoms with Gasteiger partial charge in [0, 0.05) is 11.1 Å². The highest BCUT2D eigenvalue weighted by molar-refractivity contribution is 8.14. The topological polar surface area (TPSA) is 134 Å². The van der Waals surface area contributed by atoms with Crippen LogP contribution in [0.25, 0.3) is 0 Å². The maximum Gasteiger partial charge on any atom is 0.271 e. The third-order valence-electron chi connectivity index (χ3n) is 6.86. The lowest BCUT2D eigenvalue weighted by Crippen LogP contribution is -2.45. The van der Waals surface area contributed by atoms with Crippen LogP contribution in [0, 0.1) is 5.92 Å². The summed E-state index contributed by atoms with van der Waals surface area (Å²) in [6, 6.07) is 7.14. The minimum absolute atomic E-state index is 0.0457. The van der Waals surface area contributed by atoms with Crippen LogP contribution in [0.15, 0.2) is 45.7 Å². The van der Waals surface area contributed by atoms with Gasteiger partial charge in [-0.3, -0.25) is 19.4 Å². The molecular formula is C27H32N6O4S2. The van der Waals surface area contributed by atoms with E-state index in [1.807, 2.05) is 51.1 Å². The number of aliphatic imine (C=N–C) groups is 2. The van der Waals surface area contributed by atoms with Gasteiger partial charge in [-0.05, 0) is 31.7 Å². The number of aromatic nitrogens is 1. The van der Waals surface area contributed by atoms with Gasteiger partial charge in [0.1, 0.15) is 28.9 Å². The number of fused-ring (bicyclic) bond motifs is 4. The first-order valence-corrected chi connectivity index (χ1v) is 14.9. The molecule has 0 saturated carbocycles. The zero-order valence-corrected chi connectivity index (χ0v) is 23.8. The molecule has 2 aromatic rings. The van der Waals surface area contributed by atoms with Crippen molar-refractivity contribution >= 4 is 51.8 Å². The Morgan fingerprint density at radius 1 is 1.03 bits per heavy atom. The van der Waals surface area contributed by atoms with Gasteiger partial charge in [-0.1, -0.05) is 44.2 Å². The molecule has 0 aliphatic carbocycles. The molecule has 5 rings (SSSR count). The van der Waals surface area contributed by atoms with E-state index in [1.54, 1.807) is 12.3 Å². The number of benzene rings is 1. The summed E-state index contributed by atoms with van der Waals surface area (Å²) in [7, 11) is 0. The van der Waals surface area contributed by atoms with Crippen molar-refractivity contribution < 1.29 is 19.1 Å². The molecular weight excluding hydrogens is 536 g/mol. The lowest BCUT2D eigenvalue weighted by atomic mass is 10.0. The van der Waals surface area contributed by atoms with Gasteiger partial charge < -0.3 is 20.7 Å². The van der Waals surface area contributed by atoms with Crippen LogP contribution in [-0.2, 0) is 20.7 Å². The highest BCUT2D eigenvalue weighted by Gasteiger charge is 2.39. The molecule has 6 atom stereocenters. The zero-order valence-electron chi connectivity index (χ0n) is 22.2. The SMILES string of the molecule is CC(C)[C@@H]1NC(=O)c2csc(n2)[C@H](Cc2ccccc2)NC(=O)C2CSC(=N2)[C@H](C)NC(=O)[C@H]2N=C1O[C@@H]2C. The van der Waals surface area contributed by atoms with Gasteiger partial charge in [0.05, 0.1) is 17.1 Å². The highest BCUT2D eigenvalue weighted by atomic mass is 32.2. The van der Waals surface area contributed by atoms with Crippen molar-refractivity contribution in [2.75, 3.05) is 5.75 Å². The predicted molar refractivity (Wildman–Crippen MR) is 152 cm³/mol. The van der Waals surface area contributed by atoms with Gasteiger partial charge in [0.25, 0.3) is 5.91 Å². The third-order valence-corrected chi connectivity index (χ3v) is 9.06. The number of ether oxygens (including phenoxy) is 1. The lowest BCUT2D eigenvalue weighted by molar-refractivity contribution is -0.124. The maximum absolute atomic E-state index is 13.3. The van der Waals surface area contributed by atoms with E-state index in [1.165, 1.54) is 23.1 Å². The third kappa shape index (κ3) is 6.01. The molecule has 3 N–H and O–H groups in total. The summed E-state index contributed by atoms with van der Waals surface area (Å²) in [6.45, 7) is 7.54. The smallest absolute Gasteiger partial charge is 0.271 e. The fourth-order valence-electron chi connectivity index (χ4n) is 4.68. The summed E-state index contributed by atoms with van der Waals surface area (Å²) < 4.78 is 5.98. The zero-order chi connectivity index (χ0) is 27.7. The predicted octanol–water partition coefficient (Wildman–Crippen LogP) is 2.52. The van der Waals surface area contributed by atoms with Crippen molar-refractivity contribution in [2.45, 2.75) is 70.4 Å². The minimum atomic E-state index is -0.754. The molecule has 0 saturated heterocycles. The molecule has 6 bridgehead atoms. The van der Waals surface area contributed by atoms with Gasteiger partial charge in [-0.25, -0.2) is 9.98 Å². The fraction of sp³-hybridized carbons (Fsp3) is 0.481. The van der Waals surface area contributed by atoms with Crippen LogP contribution in [-0.4, -0.2) is 69.7 Å². The van der Waals surface area contributed by atoms with Crippen LogP contribution in [0.5, 0.6) is 0 Å². The van der Waals surface area contributed by atoms with E-state index < -0.39 is 30.3 Å². The molecule has 0 fully saturated rings. The monoisotopic (exact) mass is 568 g/mol. The Morgan fingerprint density at radius 2 is 1.79 bits per heavy atom. The molecule has 1 unspecified atom stereocenters. The van der Waals surface area contributed by atoms with Crippen LogP contribution in [0.2, 0.25) is 0 Å². The number of thioether (sulfide) groups is 1. The average molecular weight is 569 g/mol. The Morgan fingerprint density at radius 3 is 2.54 bits per heavy atom. The number of hydrogen-bond donors (Lipinski definition) is 3. The molecule has 4 heterocycles. The Labute approximate surface area is 235 Å². The van der Waals surface area contributed by atoms with Crippen molar-refractivity contribution in [1.82, 2.24) is 20.9 Å². The van der Waals surface area contributed by atoms with E-state index in [4.69, 9.17) is 4.74 Å². The normalized spacial score (nSPS) is 29.4. The van der Waals surface area contributed by atoms with Crippen molar-refractivity contribution in [3.05, 3.63) is 52.0 Å².